The maximum absolute atomic E-state index is 13.6. The van der Waals surface area contributed by atoms with Crippen LogP contribution in [0.1, 0.15) is 57.5 Å². The van der Waals surface area contributed by atoms with Gasteiger partial charge in [-0.1, -0.05) is 37.4 Å². The number of imidazole rings is 1. The Balaban J connectivity index is 1.33. The second kappa shape index (κ2) is 10.6. The summed E-state index contributed by atoms with van der Waals surface area (Å²) in [4.78, 5) is 19.1. The Morgan fingerprint density at radius 2 is 1.73 bits per heavy atom. The fourth-order valence-electron chi connectivity index (χ4n) is 4.69. The van der Waals surface area contributed by atoms with Gasteiger partial charge in [-0.3, -0.25) is 9.36 Å². The van der Waals surface area contributed by atoms with E-state index in [4.69, 9.17) is 0 Å². The highest BCUT2D eigenvalue weighted by molar-refractivity contribution is 5.95. The average Bonchev–Trinajstić information content (AvgIpc) is 3.24. The number of anilines is 1. The Labute approximate surface area is 213 Å². The van der Waals surface area contributed by atoms with E-state index in [0.29, 0.717) is 5.69 Å². The zero-order valence-corrected chi connectivity index (χ0v) is 20.5. The molecule has 9 heteroatoms. The Hall–Kier alpha value is -3.88. The number of halogens is 4. The molecule has 1 amide bonds. The first-order valence-electron chi connectivity index (χ1n) is 11.9. The molecule has 1 fully saturated rings. The van der Waals surface area contributed by atoms with Crippen molar-refractivity contribution in [3.63, 3.8) is 0 Å². The minimum absolute atomic E-state index is 0.0518. The molecule has 1 aliphatic rings. The number of amides is 1. The number of nitrogens with one attached hydrogen (secondary N) is 1. The lowest BCUT2D eigenvalue weighted by Crippen LogP contribution is -2.32. The summed E-state index contributed by atoms with van der Waals surface area (Å²) in [6.07, 6.45) is -1.29. The molecule has 1 aromatic heterocycles. The van der Waals surface area contributed by atoms with E-state index in [9.17, 15) is 22.4 Å². The van der Waals surface area contributed by atoms with Crippen LogP contribution >= 0.6 is 0 Å². The summed E-state index contributed by atoms with van der Waals surface area (Å²) in [6, 6.07) is 13.3. The smallest absolute Gasteiger partial charge is 0.371 e. The molecule has 0 radical (unpaired) electrons. The largest absolute Gasteiger partial charge is 0.416 e. The van der Waals surface area contributed by atoms with Gasteiger partial charge in [-0.2, -0.15) is 13.2 Å². The molecule has 2 heterocycles. The van der Waals surface area contributed by atoms with Crippen molar-refractivity contribution in [1.29, 1.82) is 0 Å². The number of hydrogen-bond donors (Lipinski definition) is 1. The van der Waals surface area contributed by atoms with E-state index in [1.807, 2.05) is 24.3 Å². The fraction of sp³-hybridized carbons (Fsp3) is 0.286. The zero-order chi connectivity index (χ0) is 26.7. The number of carbonyl (C=O) groups excluding carboxylic acids is 1. The molecule has 0 atom stereocenters. The molecule has 194 valence electrons. The number of carbonyl (C=O) groups is 1. The van der Waals surface area contributed by atoms with Gasteiger partial charge in [0.15, 0.2) is 11.7 Å². The van der Waals surface area contributed by atoms with Crippen molar-refractivity contribution >= 4 is 23.6 Å². The predicted molar refractivity (Wildman–Crippen MR) is 137 cm³/mol. The van der Waals surface area contributed by atoms with E-state index in [1.54, 1.807) is 19.1 Å². The third kappa shape index (κ3) is 5.76. The predicted octanol–water partition coefficient (Wildman–Crippen LogP) is 6.57. The minimum atomic E-state index is -4.32. The number of aromatic nitrogens is 2. The maximum atomic E-state index is 13.6. The SMILES string of the molecule is C=Cn1c(C(=C)F)nc(C)c1C(=O)NCc1ccc(N2CCC(c3ccc(C(F)(F)F)cc3)CC2)cc1. The molecular weight excluding hydrogens is 484 g/mol. The number of alkyl halides is 3. The molecule has 0 unspecified atom stereocenters. The van der Waals surface area contributed by atoms with E-state index in [-0.39, 0.29) is 24.0 Å². The second-order valence-corrected chi connectivity index (χ2v) is 9.06. The Morgan fingerprint density at radius 3 is 2.27 bits per heavy atom. The highest BCUT2D eigenvalue weighted by atomic mass is 19.4. The van der Waals surface area contributed by atoms with Crippen molar-refractivity contribution in [1.82, 2.24) is 14.9 Å². The Kier molecular flexibility index (Phi) is 7.52. The summed E-state index contributed by atoms with van der Waals surface area (Å²) >= 11 is 0. The third-order valence-corrected chi connectivity index (χ3v) is 6.68. The van der Waals surface area contributed by atoms with Gasteiger partial charge in [0.05, 0.1) is 11.3 Å². The Bertz CT molecular complexity index is 1290. The molecule has 0 aliphatic carbocycles. The topological polar surface area (TPSA) is 50.2 Å². The van der Waals surface area contributed by atoms with Crippen molar-refractivity contribution in [3.8, 4) is 0 Å². The van der Waals surface area contributed by atoms with Gasteiger partial charge in [0.1, 0.15) is 5.69 Å². The van der Waals surface area contributed by atoms with Crippen LogP contribution in [-0.4, -0.2) is 28.5 Å². The number of hydrogen-bond acceptors (Lipinski definition) is 3. The molecule has 1 saturated heterocycles. The van der Waals surface area contributed by atoms with Gasteiger partial charge in [-0.05, 0) is 61.1 Å². The monoisotopic (exact) mass is 512 g/mol. The van der Waals surface area contributed by atoms with Crippen LogP contribution in [0.15, 0.2) is 61.7 Å². The van der Waals surface area contributed by atoms with Gasteiger partial charge in [-0.25, -0.2) is 9.37 Å². The molecular formula is C28H28F4N4O. The normalized spacial score (nSPS) is 14.5. The van der Waals surface area contributed by atoms with Crippen molar-refractivity contribution in [2.75, 3.05) is 18.0 Å². The van der Waals surface area contributed by atoms with Crippen LogP contribution in [0.5, 0.6) is 0 Å². The van der Waals surface area contributed by atoms with Crippen LogP contribution in [0.25, 0.3) is 12.0 Å². The van der Waals surface area contributed by atoms with Crippen LogP contribution in [0.2, 0.25) is 0 Å². The first-order chi connectivity index (χ1) is 17.6. The second-order valence-electron chi connectivity index (χ2n) is 9.06. The van der Waals surface area contributed by atoms with E-state index in [0.717, 1.165) is 54.9 Å². The third-order valence-electron chi connectivity index (χ3n) is 6.68. The molecule has 0 spiro atoms. The molecule has 0 bridgehead atoms. The van der Waals surface area contributed by atoms with Gasteiger partial charge in [0, 0.05) is 31.5 Å². The highest BCUT2D eigenvalue weighted by Crippen LogP contribution is 2.34. The molecule has 5 nitrogen and oxygen atoms in total. The molecule has 1 N–H and O–H groups in total. The van der Waals surface area contributed by atoms with Crippen molar-refractivity contribution in [2.24, 2.45) is 0 Å². The highest BCUT2D eigenvalue weighted by Gasteiger charge is 2.30. The number of piperidine rings is 1. The quantitative estimate of drug-likeness (QED) is 0.365. The van der Waals surface area contributed by atoms with Gasteiger partial charge in [0.2, 0.25) is 0 Å². The van der Waals surface area contributed by atoms with Crippen LogP contribution < -0.4 is 10.2 Å². The zero-order valence-electron chi connectivity index (χ0n) is 20.5. The van der Waals surface area contributed by atoms with Crippen LogP contribution in [0, 0.1) is 6.92 Å². The van der Waals surface area contributed by atoms with E-state index in [2.05, 4.69) is 28.4 Å². The lowest BCUT2D eigenvalue weighted by atomic mass is 9.88. The summed E-state index contributed by atoms with van der Waals surface area (Å²) in [7, 11) is 0. The molecule has 1 aliphatic heterocycles. The molecule has 4 rings (SSSR count). The van der Waals surface area contributed by atoms with Gasteiger partial charge in [-0.15, -0.1) is 0 Å². The number of nitrogens with zero attached hydrogens (tertiary/aromatic N) is 3. The first kappa shape index (κ1) is 26.2. The Morgan fingerprint density at radius 1 is 1.11 bits per heavy atom. The van der Waals surface area contributed by atoms with Crippen LogP contribution in [0.3, 0.4) is 0 Å². The van der Waals surface area contributed by atoms with Crippen molar-refractivity contribution < 1.29 is 22.4 Å². The van der Waals surface area contributed by atoms with E-state index in [1.165, 1.54) is 10.8 Å². The van der Waals surface area contributed by atoms with Crippen molar-refractivity contribution in [3.05, 3.63) is 95.6 Å². The number of rotatable bonds is 7. The van der Waals surface area contributed by atoms with Crippen molar-refractivity contribution in [2.45, 2.75) is 38.4 Å². The lowest BCUT2D eigenvalue weighted by molar-refractivity contribution is -0.137. The van der Waals surface area contributed by atoms with E-state index >= 15 is 0 Å². The van der Waals surface area contributed by atoms with Crippen LogP contribution in [-0.2, 0) is 12.7 Å². The standard InChI is InChI=1S/C28H28F4N4O/c1-4-36-25(19(3)34-26(36)18(2)29)27(37)33-17-20-5-11-24(12-6-20)35-15-13-22(14-16-35)21-7-9-23(10-8-21)28(30,31)32/h4-12,22H,1-2,13-17H2,3H3,(H,33,37). The summed E-state index contributed by atoms with van der Waals surface area (Å²) in [5.74, 6) is -0.965. The summed E-state index contributed by atoms with van der Waals surface area (Å²) < 4.78 is 53.4. The summed E-state index contributed by atoms with van der Waals surface area (Å²) in [5, 5.41) is 2.84. The van der Waals surface area contributed by atoms with E-state index < -0.39 is 23.5 Å². The first-order valence-corrected chi connectivity index (χ1v) is 11.9. The molecule has 2 aromatic carbocycles. The van der Waals surface area contributed by atoms with Crippen LogP contribution in [0.4, 0.5) is 23.2 Å². The minimum Gasteiger partial charge on any atom is -0.371 e. The van der Waals surface area contributed by atoms with Gasteiger partial charge in [0.25, 0.3) is 5.91 Å². The molecule has 0 saturated carbocycles. The summed E-state index contributed by atoms with van der Waals surface area (Å²) in [5.41, 5.74) is 2.84. The fourth-order valence-corrected chi connectivity index (χ4v) is 4.69. The summed E-state index contributed by atoms with van der Waals surface area (Å²) in [6.45, 7) is 10.4. The van der Waals surface area contributed by atoms with Gasteiger partial charge < -0.3 is 10.2 Å². The maximum Gasteiger partial charge on any atom is 0.416 e. The molecule has 3 aromatic rings. The lowest BCUT2D eigenvalue weighted by Gasteiger charge is -2.34. The number of aryl methyl sites for hydroxylation is 1. The number of benzene rings is 2. The molecule has 37 heavy (non-hydrogen) atoms. The average molecular weight is 513 g/mol. The van der Waals surface area contributed by atoms with Gasteiger partial charge >= 0.3 is 6.18 Å².